The van der Waals surface area contributed by atoms with Gasteiger partial charge in [0.2, 0.25) is 0 Å². The zero-order valence-corrected chi connectivity index (χ0v) is 23.9. The highest BCUT2D eigenvalue weighted by Crippen LogP contribution is 2.82. The molecule has 230 valence electrons. The highest BCUT2D eigenvalue weighted by molar-refractivity contribution is 5.86. The summed E-state index contributed by atoms with van der Waals surface area (Å²) < 4.78 is 21.2. The molecule has 5 aliphatic rings. The van der Waals surface area contributed by atoms with Crippen LogP contribution in [0.2, 0.25) is 0 Å². The summed E-state index contributed by atoms with van der Waals surface area (Å²) >= 11 is 0. The molecule has 0 radical (unpaired) electrons. The maximum atomic E-state index is 13.0. The summed E-state index contributed by atoms with van der Waals surface area (Å²) in [6, 6.07) is 1.49. The average molecular weight is 593 g/mol. The van der Waals surface area contributed by atoms with Crippen LogP contribution in [0.4, 0.5) is 0 Å². The van der Waals surface area contributed by atoms with Gasteiger partial charge in [0.25, 0.3) is 0 Å². The lowest BCUT2D eigenvalue weighted by Crippen LogP contribution is -2.93. The maximum absolute atomic E-state index is 13.0. The lowest BCUT2D eigenvalue weighted by Gasteiger charge is -2.75. The number of carbonyl (C=O) groups excluding carboxylic acids is 3. The first-order chi connectivity index (χ1) is 19.4. The second-order valence-corrected chi connectivity index (χ2v) is 13.4. The zero-order chi connectivity index (χ0) is 31.1. The molecule has 1 aliphatic heterocycles. The number of fused-ring (bicyclic) bond motifs is 5. The molecule has 0 amide bonds. The molecule has 12 atom stereocenters. The van der Waals surface area contributed by atoms with Crippen LogP contribution in [0.25, 0.3) is 0 Å². The minimum absolute atomic E-state index is 0.315. The van der Waals surface area contributed by atoms with Crippen molar-refractivity contribution in [1.29, 1.82) is 0 Å². The van der Waals surface area contributed by atoms with Crippen molar-refractivity contribution in [3.05, 3.63) is 35.8 Å². The summed E-state index contributed by atoms with van der Waals surface area (Å²) in [6.45, 7) is 5.46. The largest absolute Gasteiger partial charge is 0.472 e. The van der Waals surface area contributed by atoms with E-state index in [4.69, 9.17) is 18.6 Å². The normalized spacial score (nSPS) is 52.1. The van der Waals surface area contributed by atoms with Crippen molar-refractivity contribution < 1.29 is 63.7 Å². The first-order valence-corrected chi connectivity index (χ1v) is 13.8. The summed E-state index contributed by atoms with van der Waals surface area (Å²) in [5.41, 5.74) is -16.1. The number of aliphatic hydroxyl groups excluding tert-OH is 2. The lowest BCUT2D eigenvalue weighted by atomic mass is 9.34. The molecule has 2 heterocycles. The summed E-state index contributed by atoms with van der Waals surface area (Å²) in [5.74, 6) is -3.72. The van der Waals surface area contributed by atoms with E-state index < -0.39 is 99.7 Å². The second kappa shape index (κ2) is 8.21. The molecule has 1 aromatic heterocycles. The molecule has 42 heavy (non-hydrogen) atoms. The Kier molecular flexibility index (Phi) is 5.72. The number of cyclic esters (lactones) is 1. The second-order valence-electron chi connectivity index (χ2n) is 13.4. The minimum atomic E-state index is -2.95. The monoisotopic (exact) mass is 592 g/mol. The van der Waals surface area contributed by atoms with Gasteiger partial charge in [0.1, 0.15) is 35.1 Å². The average Bonchev–Trinajstić information content (AvgIpc) is 3.56. The standard InChI is InChI=1S/C29H36O13/c1-13(30)41-22-23(2)12-27(36)25(4,15(23)8-18(32)39-5)26(35)10-17(31)24(3)16(28(26,37)21(34)29(22,27)38)9-19(33)42-20(24)14-6-7-40-11-14/h6-7,9,11,15,17,20-22,31,34-38H,8,10,12H2,1-5H3/t15-,17-,20-,21-,22-,23-,24-,25-,26-,27+,28+,29+/m0/s1. The predicted octanol–water partition coefficient (Wildman–Crippen LogP) is -0.585. The maximum Gasteiger partial charge on any atom is 0.331 e. The van der Waals surface area contributed by atoms with Gasteiger partial charge in [-0.25, -0.2) is 4.79 Å². The van der Waals surface area contributed by atoms with E-state index in [1.165, 1.54) is 32.4 Å². The Balaban J connectivity index is 1.66. The number of hydrogen-bond acceptors (Lipinski definition) is 13. The quantitative estimate of drug-likeness (QED) is 0.191. The molecular formula is C29H36O13. The van der Waals surface area contributed by atoms with Crippen molar-refractivity contribution in [3.63, 3.8) is 0 Å². The van der Waals surface area contributed by atoms with E-state index in [0.717, 1.165) is 20.1 Å². The van der Waals surface area contributed by atoms with Crippen LogP contribution in [-0.2, 0) is 28.6 Å². The van der Waals surface area contributed by atoms with Gasteiger partial charge < -0.3 is 49.3 Å². The van der Waals surface area contributed by atoms with Crippen LogP contribution in [0.1, 0.15) is 58.6 Å². The van der Waals surface area contributed by atoms with E-state index in [1.807, 2.05) is 0 Å². The van der Waals surface area contributed by atoms with Crippen LogP contribution in [0.3, 0.4) is 0 Å². The first kappa shape index (κ1) is 29.3. The third-order valence-corrected chi connectivity index (χ3v) is 11.9. The van der Waals surface area contributed by atoms with Crippen LogP contribution >= 0.6 is 0 Å². The number of ether oxygens (including phenoxy) is 3. The van der Waals surface area contributed by atoms with Crippen LogP contribution < -0.4 is 0 Å². The fraction of sp³-hybridized carbons (Fsp3) is 0.690. The topological polar surface area (TPSA) is 213 Å². The SMILES string of the molecule is COC(=O)C[C@H]1[C@]2(C)C[C@]3(O)[C@@](O)([C@@H](O)[C@]4(O)C5=CC(=O)O[C@@H](c6ccoc6)[C@]5(C)[C@@H](O)C[C@]4(O)[C@]13C)[C@H]2OC(C)=O. The highest BCUT2D eigenvalue weighted by Gasteiger charge is 2.96. The predicted molar refractivity (Wildman–Crippen MR) is 137 cm³/mol. The van der Waals surface area contributed by atoms with Gasteiger partial charge in [-0.05, 0) is 30.9 Å². The Bertz CT molecular complexity index is 1410. The lowest BCUT2D eigenvalue weighted by molar-refractivity contribution is -0.418. The summed E-state index contributed by atoms with van der Waals surface area (Å²) in [6.07, 6.45) is -4.97. The molecule has 0 spiro atoms. The van der Waals surface area contributed by atoms with Gasteiger partial charge in [-0.2, -0.15) is 0 Å². The number of rotatable bonds is 4. The molecule has 2 bridgehead atoms. The molecule has 0 aromatic carbocycles. The minimum Gasteiger partial charge on any atom is -0.472 e. The van der Waals surface area contributed by atoms with Crippen molar-refractivity contribution >= 4 is 17.9 Å². The summed E-state index contributed by atoms with van der Waals surface area (Å²) in [5, 5.41) is 74.6. The number of furan rings is 1. The molecule has 0 unspecified atom stereocenters. The van der Waals surface area contributed by atoms with Gasteiger partial charge in [-0.3, -0.25) is 9.59 Å². The smallest absolute Gasteiger partial charge is 0.331 e. The molecule has 4 fully saturated rings. The van der Waals surface area contributed by atoms with E-state index in [0.29, 0.717) is 5.56 Å². The van der Waals surface area contributed by atoms with E-state index in [2.05, 4.69) is 0 Å². The Labute approximate surface area is 240 Å². The van der Waals surface area contributed by atoms with E-state index in [1.54, 1.807) is 6.92 Å². The molecule has 6 N–H and O–H groups in total. The Hall–Kier alpha value is -2.81. The molecule has 13 heteroatoms. The van der Waals surface area contributed by atoms with Crippen molar-refractivity contribution in [2.24, 2.45) is 22.2 Å². The van der Waals surface area contributed by atoms with Gasteiger partial charge in [-0.1, -0.05) is 13.8 Å². The molecule has 4 saturated carbocycles. The molecule has 1 aromatic rings. The third-order valence-electron chi connectivity index (χ3n) is 11.9. The Morgan fingerprint density at radius 1 is 1.10 bits per heavy atom. The van der Waals surface area contributed by atoms with Gasteiger partial charge >= 0.3 is 17.9 Å². The molecular weight excluding hydrogens is 556 g/mol. The summed E-state index contributed by atoms with van der Waals surface area (Å²) in [4.78, 5) is 38.1. The van der Waals surface area contributed by atoms with Gasteiger partial charge in [-0.15, -0.1) is 0 Å². The van der Waals surface area contributed by atoms with E-state index in [-0.39, 0.29) is 12.0 Å². The first-order valence-electron chi connectivity index (χ1n) is 13.8. The van der Waals surface area contributed by atoms with Crippen molar-refractivity contribution in [3.8, 4) is 0 Å². The molecule has 13 nitrogen and oxygen atoms in total. The van der Waals surface area contributed by atoms with E-state index >= 15 is 0 Å². The van der Waals surface area contributed by atoms with Gasteiger partial charge in [0.15, 0.2) is 5.60 Å². The highest BCUT2D eigenvalue weighted by atomic mass is 16.6. The Morgan fingerprint density at radius 3 is 2.33 bits per heavy atom. The number of esters is 3. The van der Waals surface area contributed by atoms with Crippen LogP contribution in [0, 0.1) is 22.2 Å². The van der Waals surface area contributed by atoms with Crippen LogP contribution in [0.5, 0.6) is 0 Å². The number of carbonyl (C=O) groups is 3. The van der Waals surface area contributed by atoms with E-state index in [9.17, 15) is 45.0 Å². The number of hydrogen-bond donors (Lipinski definition) is 6. The van der Waals surface area contributed by atoms with Crippen molar-refractivity contribution in [1.82, 2.24) is 0 Å². The summed E-state index contributed by atoms with van der Waals surface area (Å²) in [7, 11) is 1.15. The van der Waals surface area contributed by atoms with Crippen molar-refractivity contribution in [2.45, 2.75) is 93.8 Å². The van der Waals surface area contributed by atoms with Gasteiger partial charge in [0, 0.05) is 42.2 Å². The Morgan fingerprint density at radius 2 is 1.76 bits per heavy atom. The molecule has 6 rings (SSSR count). The molecule has 0 saturated heterocycles. The third kappa shape index (κ3) is 2.75. The fourth-order valence-corrected chi connectivity index (χ4v) is 10.0. The number of aliphatic hydroxyl groups is 6. The molecule has 4 aliphatic carbocycles. The van der Waals surface area contributed by atoms with Crippen molar-refractivity contribution in [2.75, 3.05) is 7.11 Å². The van der Waals surface area contributed by atoms with Crippen LogP contribution in [-0.4, -0.2) is 96.4 Å². The van der Waals surface area contributed by atoms with Gasteiger partial charge in [0.05, 0.1) is 31.2 Å². The zero-order valence-electron chi connectivity index (χ0n) is 23.9. The number of methoxy groups -OCH3 is 1. The fourth-order valence-electron chi connectivity index (χ4n) is 10.0. The van der Waals surface area contributed by atoms with Crippen LogP contribution in [0.15, 0.2) is 34.7 Å².